The maximum atomic E-state index is 13.0. The minimum Gasteiger partial charge on any atom is -0.321 e. The lowest BCUT2D eigenvalue weighted by Gasteiger charge is -2.08. The number of nitriles is 2. The number of aromatic nitrogens is 1. The molecule has 0 bridgehead atoms. The van der Waals surface area contributed by atoms with E-state index < -0.39 is 11.7 Å². The predicted molar refractivity (Wildman–Crippen MR) is 116 cm³/mol. The summed E-state index contributed by atoms with van der Waals surface area (Å²) in [4.78, 5) is 13.6. The van der Waals surface area contributed by atoms with Crippen LogP contribution in [0.15, 0.2) is 35.9 Å². The van der Waals surface area contributed by atoms with Crippen molar-refractivity contribution in [2.45, 2.75) is 27.7 Å². The van der Waals surface area contributed by atoms with Crippen molar-refractivity contribution < 1.29 is 9.18 Å². The molecular formula is C23H19FN4OS. The summed E-state index contributed by atoms with van der Waals surface area (Å²) in [6.45, 7) is 7.71. The molecule has 0 aliphatic carbocycles. The molecule has 2 heterocycles. The van der Waals surface area contributed by atoms with Gasteiger partial charge in [0.15, 0.2) is 0 Å². The van der Waals surface area contributed by atoms with Gasteiger partial charge >= 0.3 is 0 Å². The third kappa shape index (κ3) is 3.89. The van der Waals surface area contributed by atoms with Crippen molar-refractivity contribution in [3.8, 4) is 17.1 Å². The van der Waals surface area contributed by atoms with Gasteiger partial charge in [-0.25, -0.2) is 4.39 Å². The lowest BCUT2D eigenvalue weighted by Crippen LogP contribution is -2.13. The third-order valence-electron chi connectivity index (χ3n) is 4.92. The summed E-state index contributed by atoms with van der Waals surface area (Å²) in [7, 11) is 0. The Morgan fingerprint density at radius 2 is 1.83 bits per heavy atom. The molecule has 3 aromatic rings. The molecule has 0 saturated heterocycles. The quantitative estimate of drug-likeness (QED) is 0.459. The number of anilines is 1. The molecule has 0 fully saturated rings. The Hall–Kier alpha value is -3.68. The number of carbonyl (C=O) groups excluding carboxylic acids is 1. The van der Waals surface area contributed by atoms with E-state index >= 15 is 0 Å². The highest BCUT2D eigenvalue weighted by molar-refractivity contribution is 7.14. The highest BCUT2D eigenvalue weighted by Gasteiger charge is 2.19. The largest absolute Gasteiger partial charge is 0.321 e. The molecule has 150 valence electrons. The molecule has 0 spiro atoms. The Balaban J connectivity index is 1.99. The topological polar surface area (TPSA) is 81.6 Å². The van der Waals surface area contributed by atoms with Crippen LogP contribution in [-0.2, 0) is 4.79 Å². The first-order valence-corrected chi connectivity index (χ1v) is 9.96. The third-order valence-corrected chi connectivity index (χ3v) is 6.11. The molecule has 2 aromatic heterocycles. The number of hydrogen-bond acceptors (Lipinski definition) is 4. The van der Waals surface area contributed by atoms with Crippen LogP contribution in [0.1, 0.15) is 33.0 Å². The summed E-state index contributed by atoms with van der Waals surface area (Å²) in [5, 5.41) is 22.5. The van der Waals surface area contributed by atoms with Crippen molar-refractivity contribution in [1.29, 1.82) is 10.5 Å². The van der Waals surface area contributed by atoms with Crippen molar-refractivity contribution in [3.05, 3.63) is 74.7 Å². The monoisotopic (exact) mass is 418 g/mol. The van der Waals surface area contributed by atoms with Crippen molar-refractivity contribution in [2.24, 2.45) is 0 Å². The van der Waals surface area contributed by atoms with Crippen LogP contribution in [0.4, 0.5) is 10.1 Å². The van der Waals surface area contributed by atoms with E-state index in [0.29, 0.717) is 16.8 Å². The fraction of sp³-hybridized carbons (Fsp3) is 0.174. The van der Waals surface area contributed by atoms with Crippen LogP contribution >= 0.6 is 11.3 Å². The van der Waals surface area contributed by atoms with Crippen LogP contribution in [-0.4, -0.2) is 10.5 Å². The maximum Gasteiger partial charge on any atom is 0.266 e. The zero-order chi connectivity index (χ0) is 22.0. The number of nitrogens with zero attached hydrogens (tertiary/aromatic N) is 3. The van der Waals surface area contributed by atoms with Gasteiger partial charge in [0.2, 0.25) is 0 Å². The van der Waals surface area contributed by atoms with E-state index in [1.54, 1.807) is 0 Å². The number of rotatable bonds is 4. The smallest absolute Gasteiger partial charge is 0.266 e. The molecule has 0 saturated carbocycles. The van der Waals surface area contributed by atoms with Gasteiger partial charge in [-0.05, 0) is 75.2 Å². The van der Waals surface area contributed by atoms with Crippen LogP contribution in [0, 0.1) is 56.2 Å². The molecule has 5 nitrogen and oxygen atoms in total. The van der Waals surface area contributed by atoms with E-state index in [4.69, 9.17) is 0 Å². The number of thiophene rings is 1. The number of nitrogens with one attached hydrogen (secondary N) is 1. The van der Waals surface area contributed by atoms with Crippen molar-refractivity contribution in [2.75, 3.05) is 5.32 Å². The Morgan fingerprint density at radius 3 is 2.43 bits per heavy atom. The Morgan fingerprint density at radius 1 is 1.17 bits per heavy atom. The molecule has 0 atom stereocenters. The van der Waals surface area contributed by atoms with E-state index in [1.165, 1.54) is 41.7 Å². The summed E-state index contributed by atoms with van der Waals surface area (Å²) < 4.78 is 15.0. The second kappa shape index (κ2) is 8.36. The number of halogens is 1. The van der Waals surface area contributed by atoms with Crippen LogP contribution in [0.2, 0.25) is 0 Å². The van der Waals surface area contributed by atoms with E-state index in [2.05, 4.69) is 11.4 Å². The number of amides is 1. The first-order chi connectivity index (χ1) is 14.3. The van der Waals surface area contributed by atoms with Crippen LogP contribution in [0.25, 0.3) is 11.1 Å². The first-order valence-electron chi connectivity index (χ1n) is 9.15. The lowest BCUT2D eigenvalue weighted by atomic mass is 10.1. The molecule has 0 aliphatic heterocycles. The Labute approximate surface area is 178 Å². The van der Waals surface area contributed by atoms with Crippen molar-refractivity contribution in [1.82, 2.24) is 4.57 Å². The second-order valence-corrected chi connectivity index (χ2v) is 8.07. The Bertz CT molecular complexity index is 1250. The van der Waals surface area contributed by atoms with Gasteiger partial charge in [-0.1, -0.05) is 0 Å². The van der Waals surface area contributed by atoms with Crippen LogP contribution < -0.4 is 5.32 Å². The zero-order valence-corrected chi connectivity index (χ0v) is 17.8. The van der Waals surface area contributed by atoms with E-state index in [9.17, 15) is 19.7 Å². The maximum absolute atomic E-state index is 13.0. The standard InChI is InChI=1S/C23H19FN4OS/c1-13-9-17(15(3)28(13)23-21(12-26)14(2)16(4)30-23)10-18(11-25)22(29)27-20-7-5-19(24)6-8-20/h5-10H,1-4H3,(H,27,29). The van der Waals surface area contributed by atoms with Gasteiger partial charge in [0.1, 0.15) is 28.5 Å². The summed E-state index contributed by atoms with van der Waals surface area (Å²) in [5.74, 6) is -0.985. The van der Waals surface area contributed by atoms with Gasteiger partial charge in [0.25, 0.3) is 5.91 Å². The summed E-state index contributed by atoms with van der Waals surface area (Å²) in [5.41, 5.74) is 4.35. The highest BCUT2D eigenvalue weighted by atomic mass is 32.1. The van der Waals surface area contributed by atoms with Crippen LogP contribution in [0.3, 0.4) is 0 Å². The molecular weight excluding hydrogens is 399 g/mol. The zero-order valence-electron chi connectivity index (χ0n) is 17.0. The number of carbonyl (C=O) groups is 1. The van der Waals surface area contributed by atoms with E-state index in [0.717, 1.165) is 26.8 Å². The second-order valence-electron chi connectivity index (χ2n) is 6.87. The fourth-order valence-corrected chi connectivity index (χ4v) is 4.40. The number of aryl methyl sites for hydroxylation is 2. The molecule has 7 heteroatoms. The molecule has 0 unspecified atom stereocenters. The van der Waals surface area contributed by atoms with E-state index in [1.807, 2.05) is 44.4 Å². The van der Waals surface area contributed by atoms with Crippen molar-refractivity contribution >= 4 is 29.0 Å². The van der Waals surface area contributed by atoms with Gasteiger partial charge in [-0.2, -0.15) is 10.5 Å². The minimum absolute atomic E-state index is 0.0707. The molecule has 1 amide bonds. The molecule has 0 aliphatic rings. The average molecular weight is 418 g/mol. The van der Waals surface area contributed by atoms with E-state index in [-0.39, 0.29) is 5.57 Å². The molecule has 30 heavy (non-hydrogen) atoms. The first kappa shape index (κ1) is 21.0. The van der Waals surface area contributed by atoms with Gasteiger partial charge in [0, 0.05) is 22.0 Å². The molecule has 3 rings (SSSR count). The fourth-order valence-electron chi connectivity index (χ4n) is 3.18. The molecule has 1 N–H and O–H groups in total. The van der Waals surface area contributed by atoms with Gasteiger partial charge in [0.05, 0.1) is 5.56 Å². The van der Waals surface area contributed by atoms with Gasteiger partial charge in [-0.3, -0.25) is 4.79 Å². The minimum atomic E-state index is -0.575. The highest BCUT2D eigenvalue weighted by Crippen LogP contribution is 2.34. The summed E-state index contributed by atoms with van der Waals surface area (Å²) >= 11 is 1.54. The number of hydrogen-bond donors (Lipinski definition) is 1. The summed E-state index contributed by atoms with van der Waals surface area (Å²) in [6, 6.07) is 11.4. The summed E-state index contributed by atoms with van der Waals surface area (Å²) in [6.07, 6.45) is 1.52. The van der Waals surface area contributed by atoms with Gasteiger partial charge in [-0.15, -0.1) is 11.3 Å². The predicted octanol–water partition coefficient (Wildman–Crippen LogP) is 5.33. The number of benzene rings is 1. The van der Waals surface area contributed by atoms with Crippen molar-refractivity contribution in [3.63, 3.8) is 0 Å². The SMILES string of the molecule is Cc1sc(-n2c(C)cc(C=C(C#N)C(=O)Nc3ccc(F)cc3)c2C)c(C#N)c1C. The normalized spacial score (nSPS) is 11.1. The lowest BCUT2D eigenvalue weighted by molar-refractivity contribution is -0.112. The molecule has 0 radical (unpaired) electrons. The van der Waals surface area contributed by atoms with Crippen LogP contribution in [0.5, 0.6) is 0 Å². The Kier molecular flexibility index (Phi) is 5.86. The average Bonchev–Trinajstić information content (AvgIpc) is 3.15. The van der Waals surface area contributed by atoms with Gasteiger partial charge < -0.3 is 9.88 Å². The molecule has 1 aromatic carbocycles.